The van der Waals surface area contributed by atoms with Crippen molar-refractivity contribution in [2.75, 3.05) is 25.0 Å². The molecular formula is C30H28F2N4O3. The normalized spacial score (nSPS) is 14.8. The van der Waals surface area contributed by atoms with Crippen molar-refractivity contribution in [3.8, 4) is 16.9 Å². The Balaban J connectivity index is 1.43. The highest BCUT2D eigenvalue weighted by molar-refractivity contribution is 5.99. The third-order valence-electron chi connectivity index (χ3n) is 6.63. The van der Waals surface area contributed by atoms with Crippen LogP contribution in [0.25, 0.3) is 16.9 Å². The Morgan fingerprint density at radius 1 is 1.05 bits per heavy atom. The molecular weight excluding hydrogens is 502 g/mol. The third-order valence-corrected chi connectivity index (χ3v) is 6.63. The van der Waals surface area contributed by atoms with Crippen molar-refractivity contribution >= 4 is 17.8 Å². The van der Waals surface area contributed by atoms with E-state index in [0.29, 0.717) is 23.6 Å². The molecule has 4 aromatic rings. The Morgan fingerprint density at radius 2 is 1.82 bits per heavy atom. The average molecular weight is 531 g/mol. The van der Waals surface area contributed by atoms with E-state index in [2.05, 4.69) is 10.3 Å². The van der Waals surface area contributed by atoms with Gasteiger partial charge in [-0.3, -0.25) is 19.5 Å². The molecule has 0 unspecified atom stereocenters. The maximum atomic E-state index is 14.4. The molecule has 5 rings (SSSR count). The number of anilines is 1. The van der Waals surface area contributed by atoms with E-state index in [4.69, 9.17) is 4.74 Å². The van der Waals surface area contributed by atoms with Crippen molar-refractivity contribution in [3.05, 3.63) is 102 Å². The molecule has 2 amide bonds. The van der Waals surface area contributed by atoms with E-state index in [0.717, 1.165) is 18.4 Å². The monoisotopic (exact) mass is 530 g/mol. The van der Waals surface area contributed by atoms with Gasteiger partial charge in [-0.15, -0.1) is 0 Å². The molecule has 1 aliphatic heterocycles. The molecule has 2 heterocycles. The Kier molecular flexibility index (Phi) is 7.79. The van der Waals surface area contributed by atoms with E-state index < -0.39 is 23.4 Å². The summed E-state index contributed by atoms with van der Waals surface area (Å²) in [6.45, 7) is 2.04. The van der Waals surface area contributed by atoms with Gasteiger partial charge in [0.15, 0.2) is 0 Å². The fourth-order valence-electron chi connectivity index (χ4n) is 4.54. The molecule has 200 valence electrons. The number of hydrogen-bond donors (Lipinski definition) is 1. The lowest BCUT2D eigenvalue weighted by Crippen LogP contribution is -2.42. The van der Waals surface area contributed by atoms with Crippen LogP contribution < -0.4 is 5.32 Å². The van der Waals surface area contributed by atoms with Crippen LogP contribution in [0.1, 0.15) is 28.8 Å². The number of imidazole rings is 1. The van der Waals surface area contributed by atoms with Crippen LogP contribution in [-0.4, -0.2) is 52.1 Å². The van der Waals surface area contributed by atoms with Crippen LogP contribution in [0.4, 0.5) is 14.7 Å². The number of halogens is 2. The quantitative estimate of drug-likeness (QED) is 0.332. The molecule has 0 radical (unpaired) electrons. The number of carbonyl (C=O) groups excluding carboxylic acids is 2. The first-order valence-corrected chi connectivity index (χ1v) is 12.8. The summed E-state index contributed by atoms with van der Waals surface area (Å²) >= 11 is 0. The van der Waals surface area contributed by atoms with Gasteiger partial charge in [0.1, 0.15) is 18.2 Å². The number of rotatable bonds is 8. The maximum absolute atomic E-state index is 14.4. The number of aromatic nitrogens is 2. The number of hydrogen-bond acceptors (Lipinski definition) is 4. The van der Waals surface area contributed by atoms with Crippen LogP contribution in [-0.2, 0) is 9.53 Å². The van der Waals surface area contributed by atoms with Gasteiger partial charge in [-0.25, -0.2) is 13.8 Å². The molecule has 9 heteroatoms. The number of ether oxygens (including phenoxy) is 1. The fourth-order valence-corrected chi connectivity index (χ4v) is 4.54. The van der Waals surface area contributed by atoms with Crippen molar-refractivity contribution in [2.24, 2.45) is 0 Å². The number of benzene rings is 3. The smallest absolute Gasteiger partial charge is 0.257 e. The standard InChI is InChI=1S/C30H28F2N4O3/c1-20-13-14-22(16-26(20)32)36-18-27(21-8-3-2-4-9-21)33-30(36)34-28(37)19-35(17-23-10-7-15-39-23)29(38)24-11-5-6-12-25(24)31/h2-6,8-9,11-14,16,18,23H,7,10,15,17,19H2,1H3,(H,33,34,37)/t23-/m0/s1. The Bertz CT molecular complexity index is 1480. The highest BCUT2D eigenvalue weighted by Gasteiger charge is 2.27. The number of nitrogens with one attached hydrogen (secondary N) is 1. The van der Waals surface area contributed by atoms with Crippen molar-refractivity contribution < 1.29 is 23.1 Å². The summed E-state index contributed by atoms with van der Waals surface area (Å²) < 4.78 is 36.1. The third kappa shape index (κ3) is 6.04. The van der Waals surface area contributed by atoms with Gasteiger partial charge in [-0.05, 0) is 49.6 Å². The molecule has 1 aliphatic rings. The van der Waals surface area contributed by atoms with Crippen LogP contribution in [0.5, 0.6) is 0 Å². The van der Waals surface area contributed by atoms with Gasteiger partial charge in [0.2, 0.25) is 11.9 Å². The zero-order chi connectivity index (χ0) is 27.4. The Morgan fingerprint density at radius 3 is 2.54 bits per heavy atom. The first kappa shape index (κ1) is 26.2. The van der Waals surface area contributed by atoms with Crippen LogP contribution >= 0.6 is 0 Å². The number of carbonyl (C=O) groups is 2. The number of nitrogens with zero attached hydrogens (tertiary/aromatic N) is 3. The Labute approximate surface area is 225 Å². The zero-order valence-corrected chi connectivity index (χ0v) is 21.4. The predicted molar refractivity (Wildman–Crippen MR) is 144 cm³/mol. The lowest BCUT2D eigenvalue weighted by molar-refractivity contribution is -0.117. The molecule has 1 N–H and O–H groups in total. The van der Waals surface area contributed by atoms with Crippen molar-refractivity contribution in [1.29, 1.82) is 0 Å². The largest absolute Gasteiger partial charge is 0.376 e. The summed E-state index contributed by atoms with van der Waals surface area (Å²) in [5.74, 6) is -2.02. The number of aryl methyl sites for hydroxylation is 1. The van der Waals surface area contributed by atoms with E-state index in [-0.39, 0.29) is 30.7 Å². The lowest BCUT2D eigenvalue weighted by atomic mass is 10.1. The van der Waals surface area contributed by atoms with Gasteiger partial charge in [0.05, 0.1) is 23.0 Å². The summed E-state index contributed by atoms with van der Waals surface area (Å²) in [7, 11) is 0. The molecule has 1 fully saturated rings. The fraction of sp³-hybridized carbons (Fsp3) is 0.233. The SMILES string of the molecule is Cc1ccc(-n2cc(-c3ccccc3)nc2NC(=O)CN(C[C@@H]2CCCO2)C(=O)c2ccccc2F)cc1F. The molecule has 39 heavy (non-hydrogen) atoms. The minimum absolute atomic E-state index is 0.119. The summed E-state index contributed by atoms with van der Waals surface area (Å²) in [5.41, 5.74) is 2.23. The molecule has 0 bridgehead atoms. The van der Waals surface area contributed by atoms with Crippen molar-refractivity contribution in [3.63, 3.8) is 0 Å². The highest BCUT2D eigenvalue weighted by atomic mass is 19.1. The van der Waals surface area contributed by atoms with E-state index in [1.807, 2.05) is 30.3 Å². The summed E-state index contributed by atoms with van der Waals surface area (Å²) in [6, 6.07) is 19.8. The second kappa shape index (κ2) is 11.6. The van der Waals surface area contributed by atoms with Crippen LogP contribution in [0.15, 0.2) is 79.0 Å². The maximum Gasteiger partial charge on any atom is 0.257 e. The summed E-state index contributed by atoms with van der Waals surface area (Å²) in [6.07, 6.45) is 3.07. The van der Waals surface area contributed by atoms with E-state index >= 15 is 0 Å². The van der Waals surface area contributed by atoms with Gasteiger partial charge in [-0.2, -0.15) is 0 Å². The second-order valence-corrected chi connectivity index (χ2v) is 9.47. The summed E-state index contributed by atoms with van der Waals surface area (Å²) in [4.78, 5) is 32.5. The minimum Gasteiger partial charge on any atom is -0.376 e. The van der Waals surface area contributed by atoms with E-state index in [1.54, 1.807) is 35.9 Å². The number of amides is 2. The second-order valence-electron chi connectivity index (χ2n) is 9.47. The van der Waals surface area contributed by atoms with Gasteiger partial charge in [0.25, 0.3) is 5.91 Å². The lowest BCUT2D eigenvalue weighted by Gasteiger charge is -2.25. The predicted octanol–water partition coefficient (Wildman–Crippen LogP) is 5.39. The summed E-state index contributed by atoms with van der Waals surface area (Å²) in [5, 5.41) is 2.77. The highest BCUT2D eigenvalue weighted by Crippen LogP contribution is 2.25. The van der Waals surface area contributed by atoms with Gasteiger partial charge in [0, 0.05) is 24.9 Å². The Hall–Kier alpha value is -4.37. The van der Waals surface area contributed by atoms with Crippen LogP contribution in [0, 0.1) is 18.6 Å². The van der Waals surface area contributed by atoms with E-state index in [1.165, 1.54) is 29.2 Å². The molecule has 3 aromatic carbocycles. The van der Waals surface area contributed by atoms with Crippen LogP contribution in [0.3, 0.4) is 0 Å². The molecule has 1 aromatic heterocycles. The molecule has 1 atom stereocenters. The zero-order valence-electron chi connectivity index (χ0n) is 21.4. The van der Waals surface area contributed by atoms with Crippen LogP contribution in [0.2, 0.25) is 0 Å². The van der Waals surface area contributed by atoms with Gasteiger partial charge >= 0.3 is 0 Å². The molecule has 0 aliphatic carbocycles. The topological polar surface area (TPSA) is 76.5 Å². The average Bonchev–Trinajstić information content (AvgIpc) is 3.60. The van der Waals surface area contributed by atoms with Crippen molar-refractivity contribution in [1.82, 2.24) is 14.5 Å². The molecule has 1 saturated heterocycles. The first-order valence-electron chi connectivity index (χ1n) is 12.8. The molecule has 0 spiro atoms. The molecule has 7 nitrogen and oxygen atoms in total. The van der Waals surface area contributed by atoms with Gasteiger partial charge < -0.3 is 9.64 Å². The first-order chi connectivity index (χ1) is 18.9. The van der Waals surface area contributed by atoms with Gasteiger partial charge in [-0.1, -0.05) is 48.5 Å². The molecule has 0 saturated carbocycles. The van der Waals surface area contributed by atoms with Crippen molar-refractivity contribution in [2.45, 2.75) is 25.9 Å². The minimum atomic E-state index is -0.662. The van der Waals surface area contributed by atoms with E-state index in [9.17, 15) is 18.4 Å².